The molecule has 2 atom stereocenters. The maximum absolute atomic E-state index is 12.0. The second kappa shape index (κ2) is 7.37. The number of hydrogen-bond acceptors (Lipinski definition) is 5. The van der Waals surface area contributed by atoms with Crippen LogP contribution in [0, 0.1) is 0 Å². The van der Waals surface area contributed by atoms with E-state index in [1.54, 1.807) is 0 Å². The molecule has 1 amide bonds. The third-order valence-electron chi connectivity index (χ3n) is 4.18. The molecule has 25 heavy (non-hydrogen) atoms. The van der Waals surface area contributed by atoms with Crippen molar-refractivity contribution >= 4 is 38.4 Å². The van der Waals surface area contributed by atoms with Gasteiger partial charge >= 0.3 is 0 Å². The van der Waals surface area contributed by atoms with Crippen molar-refractivity contribution in [1.82, 2.24) is 0 Å². The van der Waals surface area contributed by atoms with E-state index in [-0.39, 0.29) is 28.7 Å². The normalized spacial score (nSPS) is 26.0. The number of rotatable bonds is 5. The number of hydrogen-bond donors (Lipinski definition) is 0. The van der Waals surface area contributed by atoms with E-state index in [0.29, 0.717) is 18.2 Å². The van der Waals surface area contributed by atoms with Crippen molar-refractivity contribution in [2.75, 3.05) is 23.0 Å². The number of sulfone groups is 1. The molecule has 0 N–H and O–H groups in total. The number of amides is 1. The number of benzene rings is 1. The number of thioether (sulfide) groups is 1. The monoisotopic (exact) mass is 382 g/mol. The number of anilines is 1. The summed E-state index contributed by atoms with van der Waals surface area (Å²) in [6, 6.07) is 7.30. The van der Waals surface area contributed by atoms with Crippen molar-refractivity contribution in [1.29, 1.82) is 0 Å². The Morgan fingerprint density at radius 1 is 1.28 bits per heavy atom. The molecule has 0 saturated carbocycles. The highest BCUT2D eigenvalue weighted by atomic mass is 32.2. The smallest absolute Gasteiger partial charge is 0.248 e. The predicted molar refractivity (Wildman–Crippen MR) is 101 cm³/mol. The Kier molecular flexibility index (Phi) is 5.38. The Labute approximate surface area is 152 Å². The first-order chi connectivity index (χ1) is 11.9. The SMILES string of the molecule is CCCC(=O)N=C1S[C@@H]2CS(=O)(=O)C[C@@H]2N1c1ccc(OCC)cc1. The predicted octanol–water partition coefficient (Wildman–Crippen LogP) is 2.49. The fourth-order valence-electron chi connectivity index (χ4n) is 3.11. The van der Waals surface area contributed by atoms with Crippen LogP contribution in [0.1, 0.15) is 26.7 Å². The average molecular weight is 383 g/mol. The van der Waals surface area contributed by atoms with Gasteiger partial charge in [-0.2, -0.15) is 4.99 Å². The van der Waals surface area contributed by atoms with Crippen molar-refractivity contribution in [3.05, 3.63) is 24.3 Å². The zero-order valence-corrected chi connectivity index (χ0v) is 16.0. The quantitative estimate of drug-likeness (QED) is 0.779. The maximum atomic E-state index is 12.0. The molecule has 2 heterocycles. The number of carbonyl (C=O) groups is 1. The van der Waals surface area contributed by atoms with Gasteiger partial charge in [0.15, 0.2) is 15.0 Å². The fraction of sp³-hybridized carbons (Fsp3) is 0.529. The van der Waals surface area contributed by atoms with Crippen LogP contribution >= 0.6 is 11.8 Å². The van der Waals surface area contributed by atoms with E-state index < -0.39 is 9.84 Å². The molecule has 0 bridgehead atoms. The summed E-state index contributed by atoms with van der Waals surface area (Å²) in [5.41, 5.74) is 0.837. The summed E-state index contributed by atoms with van der Waals surface area (Å²) in [4.78, 5) is 18.2. The molecule has 136 valence electrons. The van der Waals surface area contributed by atoms with Gasteiger partial charge in [-0.1, -0.05) is 18.7 Å². The molecule has 3 rings (SSSR count). The molecule has 1 aromatic rings. The third kappa shape index (κ3) is 4.00. The van der Waals surface area contributed by atoms with Crippen molar-refractivity contribution in [3.8, 4) is 5.75 Å². The van der Waals surface area contributed by atoms with Crippen LogP contribution in [0.2, 0.25) is 0 Å². The Morgan fingerprint density at radius 3 is 2.64 bits per heavy atom. The molecule has 0 unspecified atom stereocenters. The van der Waals surface area contributed by atoms with E-state index in [1.807, 2.05) is 43.0 Å². The van der Waals surface area contributed by atoms with Gasteiger partial charge in [-0.25, -0.2) is 8.42 Å². The summed E-state index contributed by atoms with van der Waals surface area (Å²) in [7, 11) is -3.05. The van der Waals surface area contributed by atoms with Gasteiger partial charge in [-0.05, 0) is 37.6 Å². The summed E-state index contributed by atoms with van der Waals surface area (Å²) >= 11 is 1.40. The lowest BCUT2D eigenvalue weighted by Gasteiger charge is -2.24. The molecule has 0 aliphatic carbocycles. The molecule has 0 radical (unpaired) electrons. The molecule has 2 aliphatic rings. The van der Waals surface area contributed by atoms with Gasteiger partial charge in [0, 0.05) is 17.4 Å². The Morgan fingerprint density at radius 2 is 2.00 bits per heavy atom. The summed E-state index contributed by atoms with van der Waals surface area (Å²) in [5.74, 6) is 0.827. The second-order valence-corrected chi connectivity index (χ2v) is 9.50. The highest BCUT2D eigenvalue weighted by Gasteiger charge is 2.49. The largest absolute Gasteiger partial charge is 0.494 e. The molecule has 8 heteroatoms. The molecule has 0 spiro atoms. The summed E-state index contributed by atoms with van der Waals surface area (Å²) < 4.78 is 29.5. The van der Waals surface area contributed by atoms with E-state index in [1.165, 1.54) is 11.8 Å². The molecular weight excluding hydrogens is 360 g/mol. The first-order valence-corrected chi connectivity index (χ1v) is 11.1. The lowest BCUT2D eigenvalue weighted by atomic mass is 10.2. The van der Waals surface area contributed by atoms with Crippen LogP contribution in [-0.4, -0.2) is 48.9 Å². The second-order valence-electron chi connectivity index (χ2n) is 6.14. The standard InChI is InChI=1S/C17H22N2O4S2/c1-3-5-16(20)18-17-19(12-6-8-13(9-7-12)23-4-2)14-10-25(21,22)11-15(14)24-17/h6-9,14-15H,3-5,10-11H2,1-2H3/t14-,15+/m0/s1. The topological polar surface area (TPSA) is 76.0 Å². The highest BCUT2D eigenvalue weighted by Crippen LogP contribution is 2.41. The van der Waals surface area contributed by atoms with Crippen LogP contribution in [0.4, 0.5) is 5.69 Å². The number of amidine groups is 1. The third-order valence-corrected chi connectivity index (χ3v) is 7.39. The minimum atomic E-state index is -3.05. The van der Waals surface area contributed by atoms with Crippen LogP contribution in [-0.2, 0) is 14.6 Å². The lowest BCUT2D eigenvalue weighted by molar-refractivity contribution is -0.117. The van der Waals surface area contributed by atoms with Gasteiger partial charge in [0.2, 0.25) is 5.91 Å². The van der Waals surface area contributed by atoms with Crippen LogP contribution in [0.5, 0.6) is 5.75 Å². The Balaban J connectivity index is 1.93. The van der Waals surface area contributed by atoms with Gasteiger partial charge in [0.25, 0.3) is 0 Å². The minimum absolute atomic E-state index is 0.0789. The van der Waals surface area contributed by atoms with E-state index in [2.05, 4.69) is 4.99 Å². The fourth-order valence-corrected chi connectivity index (χ4v) is 7.04. The van der Waals surface area contributed by atoms with Crippen molar-refractivity contribution in [3.63, 3.8) is 0 Å². The number of ether oxygens (including phenoxy) is 1. The number of fused-ring (bicyclic) bond motifs is 1. The first-order valence-electron chi connectivity index (χ1n) is 8.44. The first kappa shape index (κ1) is 18.3. The van der Waals surface area contributed by atoms with E-state index in [0.717, 1.165) is 17.9 Å². The zero-order valence-electron chi connectivity index (χ0n) is 14.3. The lowest BCUT2D eigenvalue weighted by Crippen LogP contribution is -2.37. The van der Waals surface area contributed by atoms with Gasteiger partial charge in [0.1, 0.15) is 5.75 Å². The maximum Gasteiger partial charge on any atom is 0.248 e. The van der Waals surface area contributed by atoms with E-state index in [4.69, 9.17) is 4.74 Å². The van der Waals surface area contributed by atoms with Gasteiger partial charge in [0.05, 0.1) is 24.2 Å². The number of aliphatic imine (C=N–C) groups is 1. The van der Waals surface area contributed by atoms with Crippen LogP contribution < -0.4 is 9.64 Å². The number of carbonyl (C=O) groups excluding carboxylic acids is 1. The number of nitrogens with zero attached hydrogens (tertiary/aromatic N) is 2. The van der Waals surface area contributed by atoms with Crippen LogP contribution in [0.15, 0.2) is 29.3 Å². The summed E-state index contributed by atoms with van der Waals surface area (Å²) in [5, 5.41) is 0.525. The molecular formula is C17H22N2O4S2. The van der Waals surface area contributed by atoms with Crippen LogP contribution in [0.25, 0.3) is 0 Å². The van der Waals surface area contributed by atoms with Gasteiger partial charge < -0.3 is 9.64 Å². The summed E-state index contributed by atoms with van der Waals surface area (Å²) in [6.07, 6.45) is 1.14. The summed E-state index contributed by atoms with van der Waals surface area (Å²) in [6.45, 7) is 4.44. The van der Waals surface area contributed by atoms with Gasteiger partial charge in [-0.15, -0.1) is 0 Å². The average Bonchev–Trinajstić information content (AvgIpc) is 3.00. The molecule has 0 aromatic heterocycles. The zero-order chi connectivity index (χ0) is 18.0. The molecule has 2 fully saturated rings. The highest BCUT2D eigenvalue weighted by molar-refractivity contribution is 8.16. The van der Waals surface area contributed by atoms with Crippen molar-refractivity contribution < 1.29 is 17.9 Å². The minimum Gasteiger partial charge on any atom is -0.494 e. The van der Waals surface area contributed by atoms with E-state index in [9.17, 15) is 13.2 Å². The van der Waals surface area contributed by atoms with Crippen LogP contribution in [0.3, 0.4) is 0 Å². The molecule has 6 nitrogen and oxygen atoms in total. The molecule has 1 aromatic carbocycles. The van der Waals surface area contributed by atoms with Gasteiger partial charge in [-0.3, -0.25) is 4.79 Å². The Hall–Kier alpha value is -1.54. The van der Waals surface area contributed by atoms with Crippen molar-refractivity contribution in [2.45, 2.75) is 38.0 Å². The molecule has 2 saturated heterocycles. The molecule has 2 aliphatic heterocycles. The Bertz CT molecular complexity index is 774. The van der Waals surface area contributed by atoms with Crippen molar-refractivity contribution in [2.24, 2.45) is 4.99 Å². The van der Waals surface area contributed by atoms with E-state index >= 15 is 0 Å².